The molecule has 2 aromatic carbocycles. The van der Waals surface area contributed by atoms with Gasteiger partial charge in [-0.2, -0.15) is 0 Å². The number of ether oxygens (including phenoxy) is 4. The molecule has 0 aliphatic carbocycles. The molecule has 1 aliphatic rings. The Kier molecular flexibility index (Phi) is 4.93. The zero-order chi connectivity index (χ0) is 18.7. The van der Waals surface area contributed by atoms with E-state index in [1.165, 1.54) is 14.2 Å². The molecule has 0 fully saturated rings. The van der Waals surface area contributed by atoms with Gasteiger partial charge in [0.2, 0.25) is 11.6 Å². The second-order valence-electron chi connectivity index (χ2n) is 5.57. The van der Waals surface area contributed by atoms with Gasteiger partial charge in [0, 0.05) is 11.1 Å². The van der Waals surface area contributed by atoms with Crippen molar-refractivity contribution >= 4 is 17.9 Å². The van der Waals surface area contributed by atoms with E-state index in [9.17, 15) is 4.79 Å². The minimum atomic E-state index is -0.514. The predicted molar refractivity (Wildman–Crippen MR) is 97.9 cm³/mol. The molecule has 0 amide bonds. The van der Waals surface area contributed by atoms with E-state index in [4.69, 9.17) is 18.9 Å². The fourth-order valence-electron chi connectivity index (χ4n) is 2.72. The van der Waals surface area contributed by atoms with Gasteiger partial charge in [-0.15, -0.1) is 0 Å². The molecule has 0 radical (unpaired) electrons. The highest BCUT2D eigenvalue weighted by molar-refractivity contribution is 6.13. The number of aliphatic imine (C=N–C) groups is 1. The van der Waals surface area contributed by atoms with Crippen molar-refractivity contribution in [1.29, 1.82) is 0 Å². The summed E-state index contributed by atoms with van der Waals surface area (Å²) in [6.45, 7) is 1.94. The van der Waals surface area contributed by atoms with Gasteiger partial charge in [0.05, 0.1) is 21.3 Å². The van der Waals surface area contributed by atoms with Crippen molar-refractivity contribution in [2.45, 2.75) is 6.92 Å². The Hall–Kier alpha value is -3.28. The summed E-state index contributed by atoms with van der Waals surface area (Å²) in [5, 5.41) is 0. The Labute approximate surface area is 151 Å². The molecule has 0 aromatic heterocycles. The third-order valence-corrected chi connectivity index (χ3v) is 4.02. The molecular formula is C20H19NO5. The number of carbonyl (C=O) groups is 1. The Morgan fingerprint density at radius 2 is 1.69 bits per heavy atom. The number of carbonyl (C=O) groups excluding carboxylic acids is 1. The van der Waals surface area contributed by atoms with E-state index in [2.05, 4.69) is 4.99 Å². The molecule has 26 heavy (non-hydrogen) atoms. The van der Waals surface area contributed by atoms with Crippen molar-refractivity contribution < 1.29 is 23.7 Å². The summed E-state index contributed by atoms with van der Waals surface area (Å²) < 4.78 is 21.4. The zero-order valence-electron chi connectivity index (χ0n) is 15.0. The van der Waals surface area contributed by atoms with Gasteiger partial charge in [0.1, 0.15) is 0 Å². The number of benzene rings is 2. The molecule has 0 atom stereocenters. The standard InChI is InChI=1S/C20H19NO5/c1-12-7-5-6-8-14(12)19-21-15(20(22)26-19)11-13-9-10-16(23-2)18(25-4)17(13)24-3/h5-11H,1-4H3/b15-11-. The molecule has 0 bridgehead atoms. The fraction of sp³-hybridized carbons (Fsp3) is 0.200. The number of esters is 1. The Bertz CT molecular complexity index is 914. The summed E-state index contributed by atoms with van der Waals surface area (Å²) in [5.41, 5.74) is 2.58. The van der Waals surface area contributed by atoms with Crippen molar-refractivity contribution in [3.05, 3.63) is 58.8 Å². The number of rotatable bonds is 5. The van der Waals surface area contributed by atoms with Crippen LogP contribution in [0.2, 0.25) is 0 Å². The van der Waals surface area contributed by atoms with Gasteiger partial charge >= 0.3 is 5.97 Å². The van der Waals surface area contributed by atoms with Crippen molar-refractivity contribution in [2.75, 3.05) is 21.3 Å². The van der Waals surface area contributed by atoms with E-state index in [1.807, 2.05) is 31.2 Å². The Morgan fingerprint density at radius 1 is 0.962 bits per heavy atom. The molecule has 2 aromatic rings. The average Bonchev–Trinajstić information content (AvgIpc) is 3.01. The van der Waals surface area contributed by atoms with Gasteiger partial charge in [-0.05, 0) is 36.8 Å². The maximum atomic E-state index is 12.2. The van der Waals surface area contributed by atoms with Crippen molar-refractivity contribution in [3.8, 4) is 17.2 Å². The lowest BCUT2D eigenvalue weighted by Gasteiger charge is -2.14. The van der Waals surface area contributed by atoms with Crippen LogP contribution >= 0.6 is 0 Å². The van der Waals surface area contributed by atoms with Crippen LogP contribution < -0.4 is 14.2 Å². The van der Waals surface area contributed by atoms with Crippen LogP contribution in [0, 0.1) is 6.92 Å². The molecule has 1 aliphatic heterocycles. The normalized spacial score (nSPS) is 14.8. The molecule has 1 heterocycles. The first-order chi connectivity index (χ1) is 12.6. The number of hydrogen-bond acceptors (Lipinski definition) is 6. The monoisotopic (exact) mass is 353 g/mol. The maximum absolute atomic E-state index is 12.2. The molecule has 134 valence electrons. The van der Waals surface area contributed by atoms with Crippen LogP contribution in [-0.2, 0) is 9.53 Å². The van der Waals surface area contributed by atoms with Crippen LogP contribution in [0.3, 0.4) is 0 Å². The van der Waals surface area contributed by atoms with Crippen LogP contribution in [0.15, 0.2) is 47.1 Å². The predicted octanol–water partition coefficient (Wildman–Crippen LogP) is 3.37. The highest BCUT2D eigenvalue weighted by Gasteiger charge is 2.26. The second-order valence-corrected chi connectivity index (χ2v) is 5.57. The number of nitrogens with zero attached hydrogens (tertiary/aromatic N) is 1. The van der Waals surface area contributed by atoms with Gasteiger partial charge in [-0.25, -0.2) is 9.79 Å². The molecule has 3 rings (SSSR count). The molecule has 6 heteroatoms. The largest absolute Gasteiger partial charge is 0.493 e. The molecule has 6 nitrogen and oxygen atoms in total. The summed E-state index contributed by atoms with van der Waals surface area (Å²) >= 11 is 0. The van der Waals surface area contributed by atoms with Crippen molar-refractivity contribution in [2.24, 2.45) is 4.99 Å². The number of cyclic esters (lactones) is 1. The van der Waals surface area contributed by atoms with Gasteiger partial charge < -0.3 is 18.9 Å². The van der Waals surface area contributed by atoms with Crippen molar-refractivity contribution in [1.82, 2.24) is 0 Å². The van der Waals surface area contributed by atoms with Crippen molar-refractivity contribution in [3.63, 3.8) is 0 Å². The highest BCUT2D eigenvalue weighted by Crippen LogP contribution is 2.40. The van der Waals surface area contributed by atoms with Gasteiger partial charge in [-0.3, -0.25) is 0 Å². The molecule has 0 saturated carbocycles. The van der Waals surface area contributed by atoms with E-state index in [-0.39, 0.29) is 5.70 Å². The smallest absolute Gasteiger partial charge is 0.363 e. The van der Waals surface area contributed by atoms with Crippen LogP contribution in [0.4, 0.5) is 0 Å². The minimum absolute atomic E-state index is 0.189. The minimum Gasteiger partial charge on any atom is -0.493 e. The Balaban J connectivity index is 2.05. The highest BCUT2D eigenvalue weighted by atomic mass is 16.6. The molecule has 0 N–H and O–H groups in total. The average molecular weight is 353 g/mol. The van der Waals surface area contributed by atoms with E-state index in [1.54, 1.807) is 25.3 Å². The van der Waals surface area contributed by atoms with E-state index >= 15 is 0 Å². The lowest BCUT2D eigenvalue weighted by atomic mass is 10.1. The lowest BCUT2D eigenvalue weighted by Crippen LogP contribution is -2.06. The lowest BCUT2D eigenvalue weighted by molar-refractivity contribution is -0.129. The van der Waals surface area contributed by atoms with Crippen LogP contribution in [0.5, 0.6) is 17.2 Å². The summed E-state index contributed by atoms with van der Waals surface area (Å²) in [6.07, 6.45) is 1.61. The van der Waals surface area contributed by atoms with Gasteiger partial charge in [0.15, 0.2) is 17.2 Å². The first-order valence-electron chi connectivity index (χ1n) is 7.96. The summed E-state index contributed by atoms with van der Waals surface area (Å²) in [6, 6.07) is 11.1. The summed E-state index contributed by atoms with van der Waals surface area (Å²) in [4.78, 5) is 16.6. The van der Waals surface area contributed by atoms with E-state index < -0.39 is 5.97 Å². The third-order valence-electron chi connectivity index (χ3n) is 4.02. The molecule has 0 spiro atoms. The first-order valence-corrected chi connectivity index (χ1v) is 7.96. The van der Waals surface area contributed by atoms with E-state index in [0.29, 0.717) is 28.7 Å². The number of methoxy groups -OCH3 is 3. The first kappa shape index (κ1) is 17.5. The van der Waals surface area contributed by atoms with Gasteiger partial charge in [-0.1, -0.05) is 18.2 Å². The van der Waals surface area contributed by atoms with Gasteiger partial charge in [0.25, 0.3) is 0 Å². The second kappa shape index (κ2) is 7.31. The zero-order valence-corrected chi connectivity index (χ0v) is 15.0. The SMILES string of the molecule is COc1ccc(/C=C2\N=C(c3ccccc3C)OC2=O)c(OC)c1OC. The molecular weight excluding hydrogens is 334 g/mol. The van der Waals surface area contributed by atoms with E-state index in [0.717, 1.165) is 11.1 Å². The molecule has 0 saturated heterocycles. The maximum Gasteiger partial charge on any atom is 0.363 e. The summed E-state index contributed by atoms with van der Waals surface area (Å²) in [5.74, 6) is 1.20. The Morgan fingerprint density at radius 3 is 2.35 bits per heavy atom. The quantitative estimate of drug-likeness (QED) is 0.609. The number of aryl methyl sites for hydroxylation is 1. The number of hydrogen-bond donors (Lipinski definition) is 0. The van der Waals surface area contributed by atoms with Crippen LogP contribution in [0.25, 0.3) is 6.08 Å². The molecule has 0 unspecified atom stereocenters. The topological polar surface area (TPSA) is 66.4 Å². The van der Waals surface area contributed by atoms with Crippen LogP contribution in [-0.4, -0.2) is 33.2 Å². The third kappa shape index (κ3) is 3.13. The fourth-order valence-corrected chi connectivity index (χ4v) is 2.72. The summed E-state index contributed by atoms with van der Waals surface area (Å²) in [7, 11) is 4.59. The van der Waals surface area contributed by atoms with Crippen LogP contribution in [0.1, 0.15) is 16.7 Å².